The highest BCUT2D eigenvalue weighted by atomic mass is 15.1. The Morgan fingerprint density at radius 1 is 1.16 bits per heavy atom. The van der Waals surface area contributed by atoms with E-state index >= 15 is 0 Å². The van der Waals surface area contributed by atoms with Crippen LogP contribution in [0.2, 0.25) is 0 Å². The molecule has 0 aliphatic heterocycles. The third kappa shape index (κ3) is 3.73. The molecule has 2 heteroatoms. The van der Waals surface area contributed by atoms with Crippen molar-refractivity contribution in [2.75, 3.05) is 18.4 Å². The molecule has 1 aromatic rings. The fraction of sp³-hybridized carbons (Fsp3) is 0.647. The van der Waals surface area contributed by atoms with Crippen LogP contribution in [0.4, 0.5) is 5.69 Å². The van der Waals surface area contributed by atoms with Crippen LogP contribution in [-0.4, -0.2) is 24.0 Å². The highest BCUT2D eigenvalue weighted by Crippen LogP contribution is 2.29. The van der Waals surface area contributed by atoms with Crippen molar-refractivity contribution >= 4 is 5.69 Å². The van der Waals surface area contributed by atoms with Gasteiger partial charge in [-0.3, -0.25) is 4.90 Å². The van der Waals surface area contributed by atoms with Crippen molar-refractivity contribution in [1.29, 1.82) is 0 Å². The molecule has 19 heavy (non-hydrogen) atoms. The maximum Gasteiger partial charge on any atom is 0.0388 e. The van der Waals surface area contributed by atoms with Crippen molar-refractivity contribution in [2.45, 2.75) is 52.6 Å². The number of nitrogens with zero attached hydrogens (tertiary/aromatic N) is 1. The van der Waals surface area contributed by atoms with Crippen LogP contribution in [0, 0.1) is 5.92 Å². The van der Waals surface area contributed by atoms with Crippen LogP contribution in [0.1, 0.15) is 45.6 Å². The van der Waals surface area contributed by atoms with Gasteiger partial charge in [0.2, 0.25) is 0 Å². The maximum atomic E-state index is 3.79. The second-order valence-electron chi connectivity index (χ2n) is 5.78. The molecule has 1 fully saturated rings. The van der Waals surface area contributed by atoms with Gasteiger partial charge in [-0.05, 0) is 43.5 Å². The van der Waals surface area contributed by atoms with E-state index in [0.717, 1.165) is 25.6 Å². The highest BCUT2D eigenvalue weighted by Gasteiger charge is 2.23. The molecule has 2 nitrogen and oxygen atoms in total. The highest BCUT2D eigenvalue weighted by molar-refractivity contribution is 5.52. The van der Waals surface area contributed by atoms with Gasteiger partial charge < -0.3 is 5.32 Å². The van der Waals surface area contributed by atoms with Crippen molar-refractivity contribution in [1.82, 2.24) is 4.90 Å². The summed E-state index contributed by atoms with van der Waals surface area (Å²) in [5.41, 5.74) is 2.78. The Labute approximate surface area is 118 Å². The van der Waals surface area contributed by atoms with Gasteiger partial charge >= 0.3 is 0 Å². The van der Waals surface area contributed by atoms with Gasteiger partial charge in [0.15, 0.2) is 0 Å². The quantitative estimate of drug-likeness (QED) is 0.827. The molecule has 1 saturated carbocycles. The van der Waals surface area contributed by atoms with E-state index in [-0.39, 0.29) is 0 Å². The summed E-state index contributed by atoms with van der Waals surface area (Å²) in [5.74, 6) is 0.807. The second-order valence-corrected chi connectivity index (χ2v) is 5.78. The summed E-state index contributed by atoms with van der Waals surface area (Å²) in [5, 5.41) is 3.79. The van der Waals surface area contributed by atoms with Gasteiger partial charge in [0.1, 0.15) is 0 Å². The lowest BCUT2D eigenvalue weighted by atomic mass is 10.0. The summed E-state index contributed by atoms with van der Waals surface area (Å²) in [6.45, 7) is 10.1. The lowest BCUT2D eigenvalue weighted by Crippen LogP contribution is -2.25. The number of benzene rings is 1. The molecule has 1 aliphatic rings. The summed E-state index contributed by atoms with van der Waals surface area (Å²) in [7, 11) is 0. The standard InChI is InChI=1S/C17H28N2/c1-4-19(5-2)13-15-10-6-7-11-17(15)18-16-12-8-9-14(16)3/h6-7,10-11,14,16,18H,4-5,8-9,12-13H2,1-3H3. The Bertz CT molecular complexity index is 385. The molecule has 0 aromatic heterocycles. The largest absolute Gasteiger partial charge is 0.382 e. The van der Waals surface area contributed by atoms with Crippen LogP contribution in [0.25, 0.3) is 0 Å². The normalized spacial score (nSPS) is 22.9. The number of nitrogens with one attached hydrogen (secondary N) is 1. The average Bonchev–Trinajstić information content (AvgIpc) is 2.83. The third-order valence-corrected chi connectivity index (χ3v) is 4.51. The molecule has 0 saturated heterocycles. The van der Waals surface area contributed by atoms with E-state index in [0.29, 0.717) is 6.04 Å². The van der Waals surface area contributed by atoms with Gasteiger partial charge in [0.05, 0.1) is 0 Å². The number of hydrogen-bond donors (Lipinski definition) is 1. The van der Waals surface area contributed by atoms with Crippen LogP contribution in [0.3, 0.4) is 0 Å². The Morgan fingerprint density at radius 3 is 2.53 bits per heavy atom. The minimum absolute atomic E-state index is 0.665. The fourth-order valence-corrected chi connectivity index (χ4v) is 3.05. The Balaban J connectivity index is 2.07. The second kappa shape index (κ2) is 6.95. The lowest BCUT2D eigenvalue weighted by Gasteiger charge is -2.24. The van der Waals surface area contributed by atoms with Crippen molar-refractivity contribution in [3.05, 3.63) is 29.8 Å². The predicted octanol–water partition coefficient (Wildman–Crippen LogP) is 4.13. The van der Waals surface area contributed by atoms with Gasteiger partial charge in [-0.25, -0.2) is 0 Å². The topological polar surface area (TPSA) is 15.3 Å². The van der Waals surface area contributed by atoms with Gasteiger partial charge in [0, 0.05) is 18.3 Å². The van der Waals surface area contributed by atoms with Crippen LogP contribution >= 0.6 is 0 Å². The van der Waals surface area contributed by atoms with E-state index in [1.54, 1.807) is 0 Å². The minimum Gasteiger partial charge on any atom is -0.382 e. The molecule has 2 rings (SSSR count). The van der Waals surface area contributed by atoms with E-state index in [1.807, 2.05) is 0 Å². The Kier molecular flexibility index (Phi) is 5.26. The first kappa shape index (κ1) is 14.4. The minimum atomic E-state index is 0.665. The molecular formula is C17H28N2. The summed E-state index contributed by atoms with van der Waals surface area (Å²) < 4.78 is 0. The molecule has 1 aliphatic carbocycles. The smallest absolute Gasteiger partial charge is 0.0388 e. The number of anilines is 1. The zero-order valence-electron chi connectivity index (χ0n) is 12.7. The Hall–Kier alpha value is -1.02. The maximum absolute atomic E-state index is 3.79. The first-order chi connectivity index (χ1) is 9.24. The Morgan fingerprint density at radius 2 is 1.89 bits per heavy atom. The van der Waals surface area contributed by atoms with E-state index in [1.165, 1.54) is 30.5 Å². The molecule has 2 unspecified atom stereocenters. The van der Waals surface area contributed by atoms with E-state index < -0.39 is 0 Å². The van der Waals surface area contributed by atoms with Crippen molar-refractivity contribution in [3.63, 3.8) is 0 Å². The first-order valence-corrected chi connectivity index (χ1v) is 7.81. The van der Waals surface area contributed by atoms with E-state index in [2.05, 4.69) is 55.3 Å². The molecule has 0 amide bonds. The zero-order valence-corrected chi connectivity index (χ0v) is 12.7. The summed E-state index contributed by atoms with van der Waals surface area (Å²) in [4.78, 5) is 2.47. The molecule has 0 bridgehead atoms. The first-order valence-electron chi connectivity index (χ1n) is 7.81. The third-order valence-electron chi connectivity index (χ3n) is 4.51. The molecule has 1 N–H and O–H groups in total. The molecule has 2 atom stereocenters. The average molecular weight is 260 g/mol. The van der Waals surface area contributed by atoms with Gasteiger partial charge in [0.25, 0.3) is 0 Å². The molecule has 0 heterocycles. The van der Waals surface area contributed by atoms with Crippen LogP contribution in [0.15, 0.2) is 24.3 Å². The van der Waals surface area contributed by atoms with Gasteiger partial charge in [-0.15, -0.1) is 0 Å². The SMILES string of the molecule is CCN(CC)Cc1ccccc1NC1CCCC1C. The number of para-hydroxylation sites is 1. The van der Waals surface area contributed by atoms with E-state index in [4.69, 9.17) is 0 Å². The zero-order chi connectivity index (χ0) is 13.7. The molecule has 106 valence electrons. The van der Waals surface area contributed by atoms with Gasteiger partial charge in [-0.1, -0.05) is 45.4 Å². The van der Waals surface area contributed by atoms with Crippen molar-refractivity contribution < 1.29 is 0 Å². The summed E-state index contributed by atoms with van der Waals surface area (Å²) >= 11 is 0. The fourth-order valence-electron chi connectivity index (χ4n) is 3.05. The summed E-state index contributed by atoms with van der Waals surface area (Å²) in [6.07, 6.45) is 4.06. The van der Waals surface area contributed by atoms with Crippen LogP contribution in [-0.2, 0) is 6.54 Å². The van der Waals surface area contributed by atoms with E-state index in [9.17, 15) is 0 Å². The number of hydrogen-bond acceptors (Lipinski definition) is 2. The molecular weight excluding hydrogens is 232 g/mol. The van der Waals surface area contributed by atoms with Crippen molar-refractivity contribution in [3.8, 4) is 0 Å². The molecule has 0 radical (unpaired) electrons. The monoisotopic (exact) mass is 260 g/mol. The van der Waals surface area contributed by atoms with Crippen LogP contribution in [0.5, 0.6) is 0 Å². The van der Waals surface area contributed by atoms with Crippen LogP contribution < -0.4 is 5.32 Å². The van der Waals surface area contributed by atoms with Crippen molar-refractivity contribution in [2.24, 2.45) is 5.92 Å². The predicted molar refractivity (Wildman–Crippen MR) is 83.5 cm³/mol. The molecule has 0 spiro atoms. The summed E-state index contributed by atoms with van der Waals surface area (Å²) in [6, 6.07) is 9.47. The lowest BCUT2D eigenvalue weighted by molar-refractivity contribution is 0.296. The number of rotatable bonds is 6. The molecule has 1 aromatic carbocycles. The van der Waals surface area contributed by atoms with Gasteiger partial charge in [-0.2, -0.15) is 0 Å².